The maximum Gasteiger partial charge on any atom is 0.303 e. The van der Waals surface area contributed by atoms with E-state index in [2.05, 4.69) is 0 Å². The van der Waals surface area contributed by atoms with Crippen molar-refractivity contribution in [1.82, 2.24) is 0 Å². The number of ether oxygens (including phenoxy) is 1. The number of halogens is 1. The van der Waals surface area contributed by atoms with Crippen LogP contribution < -0.4 is 0 Å². The predicted molar refractivity (Wildman–Crippen MR) is 106 cm³/mol. The van der Waals surface area contributed by atoms with Crippen molar-refractivity contribution >= 4 is 23.4 Å². The number of Topliss-reactive ketones (excluding diaryl/α,β-unsaturated/α-hetero) is 1. The Morgan fingerprint density at radius 2 is 1.54 bits per heavy atom. The summed E-state index contributed by atoms with van der Waals surface area (Å²) in [4.78, 5) is 21.6. The van der Waals surface area contributed by atoms with E-state index in [1.54, 1.807) is 6.92 Å². The molecule has 1 unspecified atom stereocenters. The van der Waals surface area contributed by atoms with Gasteiger partial charge in [0, 0.05) is 18.4 Å². The minimum Gasteiger partial charge on any atom is -0.457 e. The average molecular weight is 375 g/mol. The van der Waals surface area contributed by atoms with Crippen LogP contribution in [-0.4, -0.2) is 11.8 Å². The van der Waals surface area contributed by atoms with Gasteiger partial charge in [-0.15, -0.1) is 0 Å². The van der Waals surface area contributed by atoms with Crippen molar-refractivity contribution < 1.29 is 14.3 Å². The van der Waals surface area contributed by atoms with Crippen molar-refractivity contribution in [2.75, 3.05) is 0 Å². The topological polar surface area (TPSA) is 43.4 Å². The van der Waals surface area contributed by atoms with Crippen LogP contribution in [0.1, 0.15) is 51.3 Å². The molecule has 0 aliphatic heterocycles. The van der Waals surface area contributed by atoms with Crippen LogP contribution >= 0.6 is 11.6 Å². The molecule has 0 amide bonds. The average Bonchev–Trinajstić information content (AvgIpc) is 2.60. The summed E-state index contributed by atoms with van der Waals surface area (Å²) in [7, 11) is 0. The zero-order valence-corrected chi connectivity index (χ0v) is 16.6. The summed E-state index contributed by atoms with van der Waals surface area (Å²) in [5.74, 6) is 0.291. The molecular formula is C22H27ClO3. The molecule has 0 bridgehead atoms. The molecule has 2 aromatic carbocycles. The van der Waals surface area contributed by atoms with Crippen LogP contribution in [0.2, 0.25) is 5.02 Å². The molecule has 140 valence electrons. The molecule has 0 heterocycles. The fourth-order valence-corrected chi connectivity index (χ4v) is 2.51. The zero-order valence-electron chi connectivity index (χ0n) is 15.9. The number of benzene rings is 2. The van der Waals surface area contributed by atoms with Gasteiger partial charge in [0.2, 0.25) is 0 Å². The normalized spacial score (nSPS) is 11.3. The van der Waals surface area contributed by atoms with Crippen LogP contribution in [-0.2, 0) is 20.7 Å². The quantitative estimate of drug-likeness (QED) is 0.599. The molecule has 2 aromatic rings. The van der Waals surface area contributed by atoms with Gasteiger partial charge in [0.05, 0.1) is 0 Å². The maximum absolute atomic E-state index is 10.9. The largest absolute Gasteiger partial charge is 0.457 e. The van der Waals surface area contributed by atoms with Crippen LogP contribution in [0.3, 0.4) is 0 Å². The number of aryl methyl sites for hydroxylation is 1. The molecule has 0 N–H and O–H groups in total. The number of carbonyl (C=O) groups excluding carboxylic acids is 2. The Hall–Kier alpha value is -2.13. The molecule has 0 saturated heterocycles. The van der Waals surface area contributed by atoms with Crippen molar-refractivity contribution in [3.05, 3.63) is 70.7 Å². The molecule has 1 atom stereocenters. The highest BCUT2D eigenvalue weighted by molar-refractivity contribution is 6.30. The summed E-state index contributed by atoms with van der Waals surface area (Å²) in [6, 6.07) is 17.4. The first-order valence-electron chi connectivity index (χ1n) is 8.75. The van der Waals surface area contributed by atoms with Gasteiger partial charge < -0.3 is 9.53 Å². The van der Waals surface area contributed by atoms with Gasteiger partial charge in [-0.1, -0.05) is 67.9 Å². The molecule has 26 heavy (non-hydrogen) atoms. The third-order valence-corrected chi connectivity index (χ3v) is 3.96. The summed E-state index contributed by atoms with van der Waals surface area (Å²) in [6.07, 6.45) is 1.29. The minimum atomic E-state index is -0.229. The second-order valence-electron chi connectivity index (χ2n) is 6.51. The van der Waals surface area contributed by atoms with Gasteiger partial charge >= 0.3 is 5.97 Å². The second-order valence-corrected chi connectivity index (χ2v) is 6.95. The highest BCUT2D eigenvalue weighted by atomic mass is 35.5. The van der Waals surface area contributed by atoms with Crippen LogP contribution in [0.15, 0.2) is 54.6 Å². The Labute approximate surface area is 161 Å². The van der Waals surface area contributed by atoms with E-state index in [-0.39, 0.29) is 17.9 Å². The zero-order chi connectivity index (χ0) is 19.5. The number of carbonyl (C=O) groups is 2. The highest BCUT2D eigenvalue weighted by Gasteiger charge is 2.17. The molecule has 4 heteroatoms. The lowest BCUT2D eigenvalue weighted by molar-refractivity contribution is -0.149. The molecule has 2 rings (SSSR count). The van der Waals surface area contributed by atoms with Crippen molar-refractivity contribution in [2.24, 2.45) is 5.92 Å². The number of hydrogen-bond acceptors (Lipinski definition) is 3. The maximum atomic E-state index is 10.9. The first-order chi connectivity index (χ1) is 12.3. The van der Waals surface area contributed by atoms with E-state index in [9.17, 15) is 9.59 Å². The molecule has 0 aliphatic rings. The first kappa shape index (κ1) is 21.9. The fraction of sp³-hybridized carbons (Fsp3) is 0.364. The summed E-state index contributed by atoms with van der Waals surface area (Å²) in [6.45, 7) is 7.13. The van der Waals surface area contributed by atoms with Crippen molar-refractivity contribution in [3.63, 3.8) is 0 Å². The Bertz CT molecular complexity index is 678. The molecule has 0 aromatic heterocycles. The molecule has 0 aliphatic carbocycles. The molecule has 0 fully saturated rings. The number of hydrogen-bond donors (Lipinski definition) is 0. The van der Waals surface area contributed by atoms with Gasteiger partial charge in [0.15, 0.2) is 0 Å². The Morgan fingerprint density at radius 1 is 0.962 bits per heavy atom. The third-order valence-electron chi connectivity index (χ3n) is 3.71. The summed E-state index contributed by atoms with van der Waals surface area (Å²) >= 11 is 5.71. The molecular weight excluding hydrogens is 348 g/mol. The van der Waals surface area contributed by atoms with E-state index in [1.165, 1.54) is 6.92 Å². The Kier molecular flexibility index (Phi) is 9.67. The molecule has 0 saturated carbocycles. The molecule has 0 radical (unpaired) electrons. The van der Waals surface area contributed by atoms with Gasteiger partial charge in [0.1, 0.15) is 11.9 Å². The van der Waals surface area contributed by atoms with E-state index in [1.807, 2.05) is 68.4 Å². The SMILES string of the molecule is CC(=O)CCc1ccc(Cl)cc1.CC(=O)OC(c1ccccc1)C(C)C. The molecule has 3 nitrogen and oxygen atoms in total. The van der Waals surface area contributed by atoms with E-state index in [0.29, 0.717) is 12.3 Å². The molecule has 0 spiro atoms. The van der Waals surface area contributed by atoms with E-state index in [0.717, 1.165) is 22.6 Å². The smallest absolute Gasteiger partial charge is 0.303 e. The van der Waals surface area contributed by atoms with Gasteiger partial charge in [-0.05, 0) is 42.5 Å². The van der Waals surface area contributed by atoms with E-state index < -0.39 is 0 Å². The fourth-order valence-electron chi connectivity index (χ4n) is 2.38. The standard InChI is InChI=1S/C12H16O2.C10H11ClO/c1-9(2)12(14-10(3)13)11-7-5-4-6-8-11;1-8(12)2-3-9-4-6-10(11)7-5-9/h4-9,12H,1-3H3;4-7H,2-3H2,1H3. The lowest BCUT2D eigenvalue weighted by Crippen LogP contribution is -2.14. The van der Waals surface area contributed by atoms with Crippen LogP contribution in [0.25, 0.3) is 0 Å². The summed E-state index contributed by atoms with van der Waals surface area (Å²) < 4.78 is 5.26. The lowest BCUT2D eigenvalue weighted by Gasteiger charge is -2.20. The van der Waals surface area contributed by atoms with Crippen LogP contribution in [0.5, 0.6) is 0 Å². The minimum absolute atomic E-state index is 0.131. The van der Waals surface area contributed by atoms with Crippen molar-refractivity contribution in [1.29, 1.82) is 0 Å². The monoisotopic (exact) mass is 374 g/mol. The third kappa shape index (κ3) is 8.82. The predicted octanol–water partition coefficient (Wildman–Crippen LogP) is 5.81. The Balaban J connectivity index is 0.000000263. The first-order valence-corrected chi connectivity index (χ1v) is 9.13. The van der Waals surface area contributed by atoms with Crippen molar-refractivity contribution in [2.45, 2.75) is 46.6 Å². The van der Waals surface area contributed by atoms with Crippen LogP contribution in [0.4, 0.5) is 0 Å². The number of rotatable bonds is 6. The highest BCUT2D eigenvalue weighted by Crippen LogP contribution is 2.25. The van der Waals surface area contributed by atoms with Gasteiger partial charge in [-0.25, -0.2) is 0 Å². The van der Waals surface area contributed by atoms with E-state index >= 15 is 0 Å². The number of ketones is 1. The van der Waals surface area contributed by atoms with Crippen LogP contribution in [0, 0.1) is 5.92 Å². The Morgan fingerprint density at radius 3 is 2.00 bits per heavy atom. The van der Waals surface area contributed by atoms with E-state index in [4.69, 9.17) is 16.3 Å². The summed E-state index contributed by atoms with van der Waals surface area (Å²) in [5.41, 5.74) is 2.22. The van der Waals surface area contributed by atoms with Gasteiger partial charge in [0.25, 0.3) is 0 Å². The van der Waals surface area contributed by atoms with Gasteiger partial charge in [-0.3, -0.25) is 4.79 Å². The van der Waals surface area contributed by atoms with Crippen molar-refractivity contribution in [3.8, 4) is 0 Å². The lowest BCUT2D eigenvalue weighted by atomic mass is 9.99. The summed E-state index contributed by atoms with van der Waals surface area (Å²) in [5, 5.41) is 0.738. The second kappa shape index (κ2) is 11.5. The number of esters is 1. The van der Waals surface area contributed by atoms with Gasteiger partial charge in [-0.2, -0.15) is 0 Å².